The van der Waals surface area contributed by atoms with Crippen LogP contribution in [-0.4, -0.2) is 29.8 Å². The summed E-state index contributed by atoms with van der Waals surface area (Å²) in [4.78, 5) is 5.44. The van der Waals surface area contributed by atoms with Gasteiger partial charge < -0.3 is 5.32 Å². The van der Waals surface area contributed by atoms with E-state index in [2.05, 4.69) is 17.2 Å². The Bertz CT molecular complexity index is 425. The highest BCUT2D eigenvalue weighted by Crippen LogP contribution is 2.30. The highest BCUT2D eigenvalue weighted by Gasteiger charge is 2.03. The summed E-state index contributed by atoms with van der Waals surface area (Å²) in [7, 11) is 0. The standard InChI is InChI=1S/C13H18Cl2N2S2/c1-3-16-13(17-4-2)19-8-7-18-12-9-10(14)5-6-11(12)15/h5-6,9H,3-4,7-8H2,1-2H3,(H,16,17). The number of nitrogens with one attached hydrogen (secondary N) is 1. The van der Waals surface area contributed by atoms with Crippen molar-refractivity contribution in [2.24, 2.45) is 4.99 Å². The maximum atomic E-state index is 6.11. The molecule has 0 spiro atoms. The Hall–Kier alpha value is -0.0300. The van der Waals surface area contributed by atoms with E-state index < -0.39 is 0 Å². The average Bonchev–Trinajstić information content (AvgIpc) is 2.39. The summed E-state index contributed by atoms with van der Waals surface area (Å²) < 4.78 is 0. The van der Waals surface area contributed by atoms with Gasteiger partial charge in [0.2, 0.25) is 0 Å². The van der Waals surface area contributed by atoms with E-state index in [4.69, 9.17) is 23.2 Å². The van der Waals surface area contributed by atoms with Crippen molar-refractivity contribution < 1.29 is 0 Å². The van der Waals surface area contributed by atoms with Gasteiger partial charge in [-0.1, -0.05) is 35.0 Å². The van der Waals surface area contributed by atoms with Crippen LogP contribution in [0.25, 0.3) is 0 Å². The molecule has 1 aromatic rings. The van der Waals surface area contributed by atoms with Crippen LogP contribution in [0.4, 0.5) is 0 Å². The number of nitrogens with zero attached hydrogens (tertiary/aromatic N) is 1. The minimum Gasteiger partial charge on any atom is -0.365 e. The fraction of sp³-hybridized carbons (Fsp3) is 0.462. The number of halogens is 2. The molecule has 1 N–H and O–H groups in total. The number of benzene rings is 1. The zero-order valence-electron chi connectivity index (χ0n) is 11.1. The van der Waals surface area contributed by atoms with E-state index in [1.807, 2.05) is 19.1 Å². The van der Waals surface area contributed by atoms with Gasteiger partial charge in [0.05, 0.1) is 5.02 Å². The monoisotopic (exact) mass is 336 g/mol. The van der Waals surface area contributed by atoms with Gasteiger partial charge in [-0.2, -0.15) is 0 Å². The molecule has 0 radical (unpaired) electrons. The second-order valence-electron chi connectivity index (χ2n) is 3.58. The minimum atomic E-state index is 0.723. The first-order valence-corrected chi connectivity index (χ1v) is 8.89. The van der Waals surface area contributed by atoms with E-state index in [0.717, 1.165) is 44.7 Å². The maximum Gasteiger partial charge on any atom is 0.156 e. The van der Waals surface area contributed by atoms with Gasteiger partial charge in [0.15, 0.2) is 5.17 Å². The third-order valence-corrected chi connectivity index (χ3v) is 5.05. The zero-order valence-corrected chi connectivity index (χ0v) is 14.2. The van der Waals surface area contributed by atoms with Crippen molar-refractivity contribution in [2.75, 3.05) is 24.6 Å². The van der Waals surface area contributed by atoms with E-state index >= 15 is 0 Å². The van der Waals surface area contributed by atoms with Crippen molar-refractivity contribution >= 4 is 51.9 Å². The molecule has 0 aliphatic rings. The number of hydrogen-bond acceptors (Lipinski definition) is 3. The molecule has 0 atom stereocenters. The topological polar surface area (TPSA) is 24.4 Å². The number of thioether (sulfide) groups is 2. The van der Waals surface area contributed by atoms with Gasteiger partial charge in [-0.25, -0.2) is 0 Å². The molecule has 0 aliphatic carbocycles. The molecule has 1 rings (SSSR count). The first-order chi connectivity index (χ1) is 9.17. The molecule has 0 fully saturated rings. The van der Waals surface area contributed by atoms with Gasteiger partial charge in [-0.15, -0.1) is 11.8 Å². The van der Waals surface area contributed by atoms with Crippen molar-refractivity contribution in [3.8, 4) is 0 Å². The van der Waals surface area contributed by atoms with Gasteiger partial charge >= 0.3 is 0 Å². The van der Waals surface area contributed by atoms with Crippen LogP contribution in [0.2, 0.25) is 10.0 Å². The van der Waals surface area contributed by atoms with Crippen LogP contribution < -0.4 is 5.32 Å². The molecule has 6 heteroatoms. The lowest BCUT2D eigenvalue weighted by Gasteiger charge is -2.08. The molecule has 0 unspecified atom stereocenters. The summed E-state index contributed by atoms with van der Waals surface area (Å²) in [6.45, 7) is 5.83. The summed E-state index contributed by atoms with van der Waals surface area (Å²) in [6.07, 6.45) is 0. The highest BCUT2D eigenvalue weighted by molar-refractivity contribution is 8.14. The molecular formula is C13H18Cl2N2S2. The second kappa shape index (κ2) is 9.81. The van der Waals surface area contributed by atoms with Crippen LogP contribution in [0, 0.1) is 0 Å². The van der Waals surface area contributed by atoms with Gasteiger partial charge in [0.25, 0.3) is 0 Å². The number of rotatable bonds is 6. The lowest BCUT2D eigenvalue weighted by Crippen LogP contribution is -2.20. The number of hydrogen-bond donors (Lipinski definition) is 1. The Morgan fingerprint density at radius 2 is 2.05 bits per heavy atom. The van der Waals surface area contributed by atoms with Crippen molar-refractivity contribution in [3.63, 3.8) is 0 Å². The van der Waals surface area contributed by atoms with Crippen molar-refractivity contribution in [1.29, 1.82) is 0 Å². The first-order valence-electron chi connectivity index (χ1n) is 6.16. The molecule has 106 valence electrons. The Balaban J connectivity index is 2.37. The Morgan fingerprint density at radius 3 is 2.74 bits per heavy atom. The van der Waals surface area contributed by atoms with Crippen molar-refractivity contribution in [1.82, 2.24) is 5.32 Å². The molecule has 0 bridgehead atoms. The Morgan fingerprint density at radius 1 is 1.26 bits per heavy atom. The first kappa shape index (κ1) is 17.0. The lowest BCUT2D eigenvalue weighted by atomic mass is 10.4. The predicted octanol–water partition coefficient (Wildman–Crippen LogP) is 4.80. The van der Waals surface area contributed by atoms with Crippen LogP contribution in [-0.2, 0) is 0 Å². The van der Waals surface area contributed by atoms with E-state index in [1.165, 1.54) is 0 Å². The highest BCUT2D eigenvalue weighted by atomic mass is 35.5. The van der Waals surface area contributed by atoms with Gasteiger partial charge in [-0.05, 0) is 32.0 Å². The lowest BCUT2D eigenvalue weighted by molar-refractivity contribution is 0.965. The van der Waals surface area contributed by atoms with Crippen molar-refractivity contribution in [2.45, 2.75) is 18.7 Å². The molecule has 2 nitrogen and oxygen atoms in total. The third-order valence-electron chi connectivity index (χ3n) is 2.10. The van der Waals surface area contributed by atoms with Gasteiger partial charge in [0.1, 0.15) is 0 Å². The molecular weight excluding hydrogens is 319 g/mol. The van der Waals surface area contributed by atoms with Crippen LogP contribution in [0.1, 0.15) is 13.8 Å². The maximum absolute atomic E-state index is 6.11. The fourth-order valence-corrected chi connectivity index (χ4v) is 3.81. The Labute approximate surface area is 133 Å². The van der Waals surface area contributed by atoms with Crippen LogP contribution >= 0.6 is 46.7 Å². The van der Waals surface area contributed by atoms with Gasteiger partial charge in [0, 0.05) is 34.5 Å². The van der Waals surface area contributed by atoms with E-state index in [0.29, 0.717) is 0 Å². The Kier molecular flexibility index (Phi) is 8.79. The van der Waals surface area contributed by atoms with Crippen LogP contribution in [0.15, 0.2) is 28.1 Å². The van der Waals surface area contributed by atoms with E-state index in [-0.39, 0.29) is 0 Å². The summed E-state index contributed by atoms with van der Waals surface area (Å²) in [6, 6.07) is 5.55. The summed E-state index contributed by atoms with van der Waals surface area (Å²) in [5.74, 6) is 1.96. The average molecular weight is 337 g/mol. The van der Waals surface area contributed by atoms with Crippen LogP contribution in [0.5, 0.6) is 0 Å². The third kappa shape index (κ3) is 6.80. The number of aliphatic imine (C=N–C) groups is 1. The molecule has 0 heterocycles. The fourth-order valence-electron chi connectivity index (χ4n) is 1.33. The smallest absolute Gasteiger partial charge is 0.156 e. The largest absolute Gasteiger partial charge is 0.365 e. The zero-order chi connectivity index (χ0) is 14.1. The molecule has 0 amide bonds. The molecule has 0 saturated carbocycles. The summed E-state index contributed by atoms with van der Waals surface area (Å²) >= 11 is 15.5. The molecule has 0 saturated heterocycles. The normalized spacial score (nSPS) is 11.7. The SMILES string of the molecule is CCN=C(NCC)SCCSc1cc(Cl)ccc1Cl. The minimum absolute atomic E-state index is 0.723. The summed E-state index contributed by atoms with van der Waals surface area (Å²) in [5.41, 5.74) is 0. The van der Waals surface area contributed by atoms with Gasteiger partial charge in [-0.3, -0.25) is 4.99 Å². The molecule has 0 aromatic heterocycles. The quantitative estimate of drug-likeness (QED) is 0.349. The molecule has 19 heavy (non-hydrogen) atoms. The summed E-state index contributed by atoms with van der Waals surface area (Å²) in [5, 5.41) is 5.76. The van der Waals surface area contributed by atoms with Crippen molar-refractivity contribution in [3.05, 3.63) is 28.2 Å². The molecule has 1 aromatic carbocycles. The second-order valence-corrected chi connectivity index (χ2v) is 6.65. The van der Waals surface area contributed by atoms with E-state index in [9.17, 15) is 0 Å². The van der Waals surface area contributed by atoms with Crippen LogP contribution in [0.3, 0.4) is 0 Å². The molecule has 0 aliphatic heterocycles. The van der Waals surface area contributed by atoms with E-state index in [1.54, 1.807) is 29.6 Å². The number of amidine groups is 1. The predicted molar refractivity (Wildman–Crippen MR) is 91.3 cm³/mol.